The maximum Gasteiger partial charge on any atom is 0.416 e. The summed E-state index contributed by atoms with van der Waals surface area (Å²) in [5, 5.41) is 4.18. The molecule has 140 valence electrons. The molecule has 1 aliphatic heterocycles. The third-order valence-electron chi connectivity index (χ3n) is 4.41. The van der Waals surface area contributed by atoms with Gasteiger partial charge < -0.3 is 5.32 Å². The summed E-state index contributed by atoms with van der Waals surface area (Å²) in [4.78, 5) is 2.06. The first-order valence-electron chi connectivity index (χ1n) is 8.04. The summed E-state index contributed by atoms with van der Waals surface area (Å²) >= 11 is 18.9. The van der Waals surface area contributed by atoms with Crippen molar-refractivity contribution in [1.82, 2.24) is 10.2 Å². The largest absolute Gasteiger partial charge is 0.416 e. The second kappa shape index (κ2) is 7.95. The number of hydrogen-bond donors (Lipinski definition) is 1. The molecule has 0 spiro atoms. The van der Waals surface area contributed by atoms with Gasteiger partial charge in [0.25, 0.3) is 0 Å². The van der Waals surface area contributed by atoms with Crippen molar-refractivity contribution in [2.24, 2.45) is 0 Å². The maximum absolute atomic E-state index is 13.2. The van der Waals surface area contributed by atoms with Gasteiger partial charge in [0.05, 0.1) is 21.7 Å². The van der Waals surface area contributed by atoms with E-state index in [4.69, 9.17) is 34.8 Å². The third-order valence-corrected chi connectivity index (χ3v) is 5.59. The molecule has 0 bridgehead atoms. The minimum absolute atomic E-state index is 0.262. The number of alkyl halides is 3. The number of rotatable bonds is 3. The fourth-order valence-corrected chi connectivity index (χ4v) is 3.79. The molecule has 26 heavy (non-hydrogen) atoms. The van der Waals surface area contributed by atoms with Crippen LogP contribution in [0.5, 0.6) is 0 Å². The van der Waals surface area contributed by atoms with Crippen molar-refractivity contribution in [3.63, 3.8) is 0 Å². The molecule has 2 nitrogen and oxygen atoms in total. The smallest absolute Gasteiger partial charge is 0.314 e. The van der Waals surface area contributed by atoms with Crippen LogP contribution in [0, 0.1) is 0 Å². The summed E-state index contributed by atoms with van der Waals surface area (Å²) in [7, 11) is 0. The Labute approximate surface area is 164 Å². The van der Waals surface area contributed by atoms with Crippen LogP contribution in [0.4, 0.5) is 13.2 Å². The van der Waals surface area contributed by atoms with Gasteiger partial charge in [0.2, 0.25) is 0 Å². The van der Waals surface area contributed by atoms with E-state index in [1.54, 1.807) is 18.2 Å². The van der Waals surface area contributed by atoms with Crippen LogP contribution in [0.3, 0.4) is 0 Å². The Kier molecular flexibility index (Phi) is 6.04. The van der Waals surface area contributed by atoms with Crippen LogP contribution in [0.25, 0.3) is 0 Å². The lowest BCUT2D eigenvalue weighted by Gasteiger charge is -2.36. The molecule has 3 rings (SSSR count). The molecule has 0 radical (unpaired) electrons. The molecule has 1 aliphatic rings. The molecule has 2 aromatic carbocycles. The Morgan fingerprint density at radius 2 is 1.62 bits per heavy atom. The van der Waals surface area contributed by atoms with E-state index < -0.39 is 17.8 Å². The number of nitrogens with one attached hydrogen (secondary N) is 1. The fraction of sp³-hybridized carbons (Fsp3) is 0.333. The van der Waals surface area contributed by atoms with Crippen LogP contribution in [0.2, 0.25) is 15.1 Å². The van der Waals surface area contributed by atoms with Gasteiger partial charge in [-0.2, -0.15) is 13.2 Å². The second-order valence-corrected chi connectivity index (χ2v) is 7.26. The van der Waals surface area contributed by atoms with Crippen LogP contribution < -0.4 is 5.32 Å². The zero-order valence-electron chi connectivity index (χ0n) is 13.6. The molecule has 0 amide bonds. The number of nitrogens with zero attached hydrogens (tertiary/aromatic N) is 1. The van der Waals surface area contributed by atoms with Gasteiger partial charge in [-0.3, -0.25) is 4.90 Å². The summed E-state index contributed by atoms with van der Waals surface area (Å²) in [6, 6.07) is 8.02. The summed E-state index contributed by atoms with van der Waals surface area (Å²) < 4.78 is 39.7. The summed E-state index contributed by atoms with van der Waals surface area (Å²) in [5.41, 5.74) is 0.269. The van der Waals surface area contributed by atoms with E-state index in [2.05, 4.69) is 10.2 Å². The molecule has 1 atom stereocenters. The van der Waals surface area contributed by atoms with Crippen molar-refractivity contribution < 1.29 is 13.2 Å². The third kappa shape index (κ3) is 4.12. The summed E-state index contributed by atoms with van der Waals surface area (Å²) in [6.07, 6.45) is -4.45. The highest BCUT2D eigenvalue weighted by Gasteiger charge is 2.34. The van der Waals surface area contributed by atoms with E-state index in [0.29, 0.717) is 34.3 Å². The second-order valence-electron chi connectivity index (χ2n) is 6.07. The van der Waals surface area contributed by atoms with E-state index in [-0.39, 0.29) is 5.02 Å². The summed E-state index contributed by atoms with van der Waals surface area (Å²) in [5.74, 6) is 0. The Bertz CT molecular complexity index is 790. The van der Waals surface area contributed by atoms with Gasteiger partial charge in [-0.25, -0.2) is 0 Å². The molecule has 2 aromatic rings. The van der Waals surface area contributed by atoms with Crippen LogP contribution in [0.15, 0.2) is 36.4 Å². The summed E-state index contributed by atoms with van der Waals surface area (Å²) in [6.45, 7) is 2.76. The molecule has 1 fully saturated rings. The van der Waals surface area contributed by atoms with Gasteiger partial charge in [0, 0.05) is 31.2 Å². The molecule has 1 N–H and O–H groups in total. The van der Waals surface area contributed by atoms with Gasteiger partial charge in [-0.15, -0.1) is 0 Å². The molecule has 0 aromatic heterocycles. The van der Waals surface area contributed by atoms with Gasteiger partial charge >= 0.3 is 6.18 Å². The molecule has 1 unspecified atom stereocenters. The van der Waals surface area contributed by atoms with Crippen molar-refractivity contribution in [3.8, 4) is 0 Å². The van der Waals surface area contributed by atoms with Crippen LogP contribution in [0.1, 0.15) is 22.7 Å². The highest BCUT2D eigenvalue weighted by molar-refractivity contribution is 6.42. The van der Waals surface area contributed by atoms with Crippen LogP contribution in [-0.4, -0.2) is 31.1 Å². The van der Waals surface area contributed by atoms with Crippen molar-refractivity contribution in [2.75, 3.05) is 26.2 Å². The van der Waals surface area contributed by atoms with E-state index >= 15 is 0 Å². The van der Waals surface area contributed by atoms with Crippen molar-refractivity contribution in [1.29, 1.82) is 0 Å². The number of halogens is 6. The Morgan fingerprint density at radius 3 is 2.27 bits per heavy atom. The minimum Gasteiger partial charge on any atom is -0.314 e. The van der Waals surface area contributed by atoms with Crippen molar-refractivity contribution in [3.05, 3.63) is 68.2 Å². The van der Waals surface area contributed by atoms with Gasteiger partial charge in [-0.05, 0) is 35.4 Å². The zero-order valence-corrected chi connectivity index (χ0v) is 15.9. The average molecular weight is 424 g/mol. The molecule has 1 saturated heterocycles. The molecular weight excluding hydrogens is 408 g/mol. The van der Waals surface area contributed by atoms with E-state index in [1.807, 2.05) is 0 Å². The van der Waals surface area contributed by atoms with Crippen LogP contribution >= 0.6 is 34.8 Å². The lowest BCUT2D eigenvalue weighted by atomic mass is 9.94. The Hall–Kier alpha value is -0.980. The van der Waals surface area contributed by atoms with E-state index in [0.717, 1.165) is 25.2 Å². The Morgan fingerprint density at radius 1 is 0.923 bits per heavy atom. The highest BCUT2D eigenvalue weighted by Crippen LogP contribution is 2.41. The highest BCUT2D eigenvalue weighted by atomic mass is 35.5. The van der Waals surface area contributed by atoms with Crippen LogP contribution in [-0.2, 0) is 6.18 Å². The standard InChI is InChI=1S/C18H16Cl3F3N2/c19-14-5-4-11(18(22,23)24)10-13(14)17(26-8-6-25-7-9-26)12-2-1-3-15(20)16(12)21/h1-5,10,17,25H,6-9H2. The lowest BCUT2D eigenvalue weighted by Crippen LogP contribution is -2.45. The molecule has 0 saturated carbocycles. The quantitative estimate of drug-likeness (QED) is 0.685. The molecule has 1 heterocycles. The first-order valence-corrected chi connectivity index (χ1v) is 9.17. The SMILES string of the molecule is FC(F)(F)c1ccc(Cl)c(C(c2cccc(Cl)c2Cl)N2CCNCC2)c1. The number of hydrogen-bond acceptors (Lipinski definition) is 2. The topological polar surface area (TPSA) is 15.3 Å². The number of piperazine rings is 1. The zero-order chi connectivity index (χ0) is 18.9. The van der Waals surface area contributed by atoms with Gasteiger partial charge in [0.1, 0.15) is 0 Å². The monoisotopic (exact) mass is 422 g/mol. The predicted molar refractivity (Wildman–Crippen MR) is 99.2 cm³/mol. The van der Waals surface area contributed by atoms with E-state index in [1.165, 1.54) is 6.07 Å². The average Bonchev–Trinajstić information content (AvgIpc) is 2.60. The normalized spacial score (nSPS) is 17.3. The van der Waals surface area contributed by atoms with Crippen molar-refractivity contribution in [2.45, 2.75) is 12.2 Å². The van der Waals surface area contributed by atoms with Crippen molar-refractivity contribution >= 4 is 34.8 Å². The Balaban J connectivity index is 2.16. The predicted octanol–water partition coefficient (Wildman–Crippen LogP) is 5.66. The fourth-order valence-electron chi connectivity index (χ4n) is 3.16. The maximum atomic E-state index is 13.2. The first kappa shape index (κ1) is 19.8. The number of benzene rings is 2. The molecule has 0 aliphatic carbocycles. The minimum atomic E-state index is -4.45. The van der Waals surface area contributed by atoms with Gasteiger partial charge in [-0.1, -0.05) is 46.9 Å². The molecular formula is C18H16Cl3F3N2. The van der Waals surface area contributed by atoms with Gasteiger partial charge in [0.15, 0.2) is 0 Å². The lowest BCUT2D eigenvalue weighted by molar-refractivity contribution is -0.137. The molecule has 8 heteroatoms. The first-order chi connectivity index (χ1) is 12.3. The van der Waals surface area contributed by atoms with E-state index in [9.17, 15) is 13.2 Å².